The number of carbonyl (C=O) groups excluding carboxylic acids is 3. The Morgan fingerprint density at radius 2 is 0.858 bits per heavy atom. The third-order valence-corrected chi connectivity index (χ3v) is 20.2. The first-order chi connectivity index (χ1) is 50.6. The molecule has 1 aliphatic carbocycles. The van der Waals surface area contributed by atoms with Gasteiger partial charge in [-0.2, -0.15) is 0 Å². The first-order valence-electron chi connectivity index (χ1n) is 39.3. The van der Waals surface area contributed by atoms with Crippen molar-refractivity contribution in [1.29, 1.82) is 0 Å². The van der Waals surface area contributed by atoms with Gasteiger partial charge in [-0.15, -0.1) is 0 Å². The zero-order chi connectivity index (χ0) is 74.5. The molecule has 0 radical (unpaired) electrons. The van der Waals surface area contributed by atoms with E-state index < -0.39 is 6.09 Å². The van der Waals surface area contributed by atoms with E-state index >= 15 is 0 Å². The van der Waals surface area contributed by atoms with E-state index in [-0.39, 0.29) is 55.7 Å². The summed E-state index contributed by atoms with van der Waals surface area (Å²) in [5.74, 6) is 1.99. The second-order valence-electron chi connectivity index (χ2n) is 31.9. The lowest BCUT2D eigenvalue weighted by Crippen LogP contribution is -2.43. The summed E-state index contributed by atoms with van der Waals surface area (Å²) in [6, 6.07) is 49.7. The Bertz CT molecular complexity index is 4440. The number of benzene rings is 6. The number of carbonyl (C=O) groups is 3. The summed E-state index contributed by atoms with van der Waals surface area (Å²) in [6.45, 7) is 29.0. The molecule has 4 heterocycles. The number of ether oxygens (including phenoxy) is 2. The SMILES string of the molecule is C.CCCCCCCCCCCCCC(=O)N(Cc1ccc(Cn2c(CCCC)nc3c(C)nc4ccccc4c32)cc1)C(=O)OCc1ccc(NC(C)(C)C)cc1.CCCCc1nc2c(C)nc3ccccc3c2n1Cc1ccc(CN(CC2(C)CCC2)C(=O)OCc2ccc(NC(C)(C)C)cc2)cc1. The van der Waals surface area contributed by atoms with Gasteiger partial charge in [0.15, 0.2) is 0 Å². The van der Waals surface area contributed by atoms with Crippen molar-refractivity contribution in [2.75, 3.05) is 17.2 Å². The third kappa shape index (κ3) is 23.0. The molecule has 6 aromatic carbocycles. The van der Waals surface area contributed by atoms with Gasteiger partial charge < -0.3 is 34.1 Å². The largest absolute Gasteiger partial charge is 0.445 e. The smallest absolute Gasteiger partial charge is 0.417 e. The minimum absolute atomic E-state index is 0. The number of hydrogen-bond acceptors (Lipinski definition) is 11. The fourth-order valence-corrected chi connectivity index (χ4v) is 14.3. The average molecular weight is 1440 g/mol. The normalized spacial score (nSPS) is 12.7. The van der Waals surface area contributed by atoms with Crippen LogP contribution in [0.3, 0.4) is 0 Å². The number of pyridine rings is 2. The Morgan fingerprint density at radius 3 is 1.27 bits per heavy atom. The highest BCUT2D eigenvalue weighted by molar-refractivity contribution is 6.04. The predicted octanol–water partition coefficient (Wildman–Crippen LogP) is 23.3. The number of amides is 3. The van der Waals surface area contributed by atoms with Crippen LogP contribution in [0.1, 0.15) is 255 Å². The molecule has 0 atom stereocenters. The lowest BCUT2D eigenvalue weighted by Gasteiger charge is -2.42. The fraction of sp³-hybridized carbons (Fsp3) is 0.484. The van der Waals surface area contributed by atoms with Crippen LogP contribution in [-0.4, -0.2) is 74.6 Å². The van der Waals surface area contributed by atoms with Crippen LogP contribution in [-0.2, 0) is 66.5 Å². The van der Waals surface area contributed by atoms with Gasteiger partial charge in [0.1, 0.15) is 35.9 Å². The summed E-state index contributed by atoms with van der Waals surface area (Å²) >= 11 is 0. The fourth-order valence-electron chi connectivity index (χ4n) is 14.3. The van der Waals surface area contributed by atoms with E-state index in [1.54, 1.807) is 0 Å². The quantitative estimate of drug-likeness (QED) is 0.0369. The number of rotatable bonds is 34. The monoisotopic (exact) mass is 1430 g/mol. The molecule has 1 aliphatic rings. The number of hydrogen-bond donors (Lipinski definition) is 2. The Morgan fingerprint density at radius 1 is 0.472 bits per heavy atom. The highest BCUT2D eigenvalue weighted by atomic mass is 16.6. The lowest BCUT2D eigenvalue weighted by molar-refractivity contribution is -0.130. The molecule has 2 N–H and O–H groups in total. The number of aryl methyl sites for hydroxylation is 4. The minimum atomic E-state index is -0.606. The van der Waals surface area contributed by atoms with Crippen molar-refractivity contribution >= 4 is 73.3 Å². The maximum absolute atomic E-state index is 13.7. The molecule has 15 nitrogen and oxygen atoms in total. The Hall–Kier alpha value is -9.11. The van der Waals surface area contributed by atoms with Gasteiger partial charge in [0.2, 0.25) is 5.91 Å². The van der Waals surface area contributed by atoms with Gasteiger partial charge in [0.25, 0.3) is 0 Å². The average Bonchev–Trinajstić information content (AvgIpc) is 1.54. The van der Waals surface area contributed by atoms with Gasteiger partial charge in [-0.05, 0) is 163 Å². The van der Waals surface area contributed by atoms with Crippen molar-refractivity contribution in [2.45, 2.75) is 276 Å². The van der Waals surface area contributed by atoms with Gasteiger partial charge in [-0.1, -0.05) is 228 Å². The molecule has 0 aliphatic heterocycles. The number of para-hydroxylation sites is 2. The zero-order valence-electron chi connectivity index (χ0n) is 65.3. The number of aromatic nitrogens is 6. The first kappa shape index (κ1) is 81.0. The topological polar surface area (TPSA) is 162 Å². The van der Waals surface area contributed by atoms with Gasteiger partial charge in [0, 0.05) is 78.7 Å². The van der Waals surface area contributed by atoms with Crippen molar-refractivity contribution in [3.63, 3.8) is 0 Å². The Labute approximate surface area is 633 Å². The Kier molecular flexibility index (Phi) is 29.4. The number of nitrogens with one attached hydrogen (secondary N) is 2. The van der Waals surface area contributed by atoms with Gasteiger partial charge in [-0.3, -0.25) is 14.8 Å². The molecule has 566 valence electrons. The molecular weight excluding hydrogens is 1310 g/mol. The molecule has 4 aromatic heterocycles. The maximum Gasteiger partial charge on any atom is 0.417 e. The van der Waals surface area contributed by atoms with Crippen LogP contribution < -0.4 is 10.6 Å². The molecule has 0 saturated heterocycles. The molecule has 1 fully saturated rings. The molecule has 1 saturated carbocycles. The summed E-state index contributed by atoms with van der Waals surface area (Å²) in [6.07, 6.45) is 22.4. The van der Waals surface area contributed by atoms with Crippen LogP contribution in [0, 0.1) is 19.3 Å². The van der Waals surface area contributed by atoms with Crippen molar-refractivity contribution < 1.29 is 23.9 Å². The maximum atomic E-state index is 13.7. The number of anilines is 2. The van der Waals surface area contributed by atoms with E-state index in [0.29, 0.717) is 26.1 Å². The zero-order valence-corrected chi connectivity index (χ0v) is 65.3. The molecule has 11 rings (SSSR count). The Balaban J connectivity index is 0.000000246. The van der Waals surface area contributed by atoms with Crippen LogP contribution in [0.4, 0.5) is 21.0 Å². The molecule has 106 heavy (non-hydrogen) atoms. The molecular formula is C91H122N10O5. The van der Waals surface area contributed by atoms with Crippen LogP contribution in [0.2, 0.25) is 0 Å². The van der Waals surface area contributed by atoms with E-state index in [0.717, 1.165) is 183 Å². The number of fused-ring (bicyclic) bond motifs is 6. The van der Waals surface area contributed by atoms with Crippen molar-refractivity contribution in [3.05, 3.63) is 202 Å². The van der Waals surface area contributed by atoms with Crippen LogP contribution >= 0.6 is 0 Å². The van der Waals surface area contributed by atoms with Gasteiger partial charge in [0.05, 0.1) is 40.0 Å². The molecule has 0 spiro atoms. The second-order valence-corrected chi connectivity index (χ2v) is 31.9. The summed E-state index contributed by atoms with van der Waals surface area (Å²) in [4.78, 5) is 64.0. The van der Waals surface area contributed by atoms with Crippen LogP contribution in [0.25, 0.3) is 43.9 Å². The standard InChI is InChI=1S/C49H67N5O3.C41H51N5O2.CH4/c1-7-9-11-12-13-14-15-16-17-18-19-25-45(55)54(48(56)57-36-40-30-32-41(33-31-40)52-49(4,5)6)35-39-28-26-38(27-29-39)34-53-44(24-10-8-2)51-46-37(3)50-43-23-21-20-22-42(43)47(46)53;1-7-8-14-36-43-37-29(2)42-35-13-10-9-12-34(35)38(37)46(36)26-31-17-15-30(16-18-31)25-45(28-41(6)23-11-24-41)39(47)48-27-32-19-21-33(22-20-32)44-40(3,4)5;/h20-23,26-33,52H,7-19,24-25,34-36H2,1-6H3;9-10,12-13,15-22,44H,7-8,11,14,23-28H2,1-6H3;1H4. The highest BCUT2D eigenvalue weighted by Crippen LogP contribution is 2.41. The summed E-state index contributed by atoms with van der Waals surface area (Å²) in [5, 5.41) is 9.18. The number of imide groups is 1. The van der Waals surface area contributed by atoms with Crippen molar-refractivity contribution in [1.82, 2.24) is 38.9 Å². The van der Waals surface area contributed by atoms with E-state index in [9.17, 15) is 14.4 Å². The number of imidazole rings is 2. The molecule has 3 amide bonds. The highest BCUT2D eigenvalue weighted by Gasteiger charge is 2.36. The number of nitrogens with zero attached hydrogens (tertiary/aromatic N) is 8. The van der Waals surface area contributed by atoms with Gasteiger partial charge in [-0.25, -0.2) is 24.5 Å². The van der Waals surface area contributed by atoms with Crippen molar-refractivity contribution in [2.24, 2.45) is 5.41 Å². The summed E-state index contributed by atoms with van der Waals surface area (Å²) in [5.41, 5.74) is 16.4. The van der Waals surface area contributed by atoms with Gasteiger partial charge >= 0.3 is 12.2 Å². The molecule has 0 bridgehead atoms. The molecule has 15 heteroatoms. The van der Waals surface area contributed by atoms with Crippen molar-refractivity contribution in [3.8, 4) is 0 Å². The first-order valence-corrected chi connectivity index (χ1v) is 39.3. The summed E-state index contributed by atoms with van der Waals surface area (Å²) in [7, 11) is 0. The summed E-state index contributed by atoms with van der Waals surface area (Å²) < 4.78 is 16.4. The minimum Gasteiger partial charge on any atom is -0.445 e. The van der Waals surface area contributed by atoms with Crippen LogP contribution in [0.5, 0.6) is 0 Å². The predicted molar refractivity (Wildman–Crippen MR) is 439 cm³/mol. The van der Waals surface area contributed by atoms with Crippen LogP contribution in [0.15, 0.2) is 146 Å². The number of unbranched alkanes of at least 4 members (excludes halogenated alkanes) is 12. The van der Waals surface area contributed by atoms with E-state index in [1.165, 1.54) is 68.3 Å². The van der Waals surface area contributed by atoms with E-state index in [4.69, 9.17) is 29.4 Å². The lowest BCUT2D eigenvalue weighted by atomic mass is 9.70. The van der Waals surface area contributed by atoms with E-state index in [2.05, 4.69) is 169 Å². The second kappa shape index (κ2) is 38.4. The molecule has 0 unspecified atom stereocenters. The third-order valence-electron chi connectivity index (χ3n) is 20.2. The molecule has 10 aromatic rings. The van der Waals surface area contributed by atoms with E-state index in [1.807, 2.05) is 84.6 Å².